The van der Waals surface area contributed by atoms with E-state index in [0.29, 0.717) is 5.75 Å². The minimum atomic E-state index is -0.841. The normalized spacial score (nSPS) is 11.7. The van der Waals surface area contributed by atoms with Crippen molar-refractivity contribution in [2.24, 2.45) is 0 Å². The molecule has 1 rings (SSSR count). The average molecular weight is 239 g/mol. The molecule has 1 atom stereocenters. The van der Waals surface area contributed by atoms with E-state index in [2.05, 4.69) is 5.32 Å². The van der Waals surface area contributed by atoms with Gasteiger partial charge in [0.15, 0.2) is 0 Å². The third-order valence-electron chi connectivity index (χ3n) is 2.14. The lowest BCUT2D eigenvalue weighted by molar-refractivity contribution is 0.0394. The highest BCUT2D eigenvalue weighted by molar-refractivity contribution is 5.66. The second-order valence-electron chi connectivity index (χ2n) is 3.58. The van der Waals surface area contributed by atoms with Gasteiger partial charge in [0, 0.05) is 7.05 Å². The van der Waals surface area contributed by atoms with Crippen LogP contribution in [0.25, 0.3) is 0 Å². The van der Waals surface area contributed by atoms with E-state index >= 15 is 0 Å². The Morgan fingerprint density at radius 2 is 2.12 bits per heavy atom. The number of hydrogen-bond donors (Lipinski definition) is 2. The van der Waals surface area contributed by atoms with E-state index in [-0.39, 0.29) is 13.2 Å². The molecule has 0 aliphatic heterocycles. The summed E-state index contributed by atoms with van der Waals surface area (Å²) < 4.78 is 10.1. The van der Waals surface area contributed by atoms with Crippen LogP contribution in [0.2, 0.25) is 0 Å². The summed E-state index contributed by atoms with van der Waals surface area (Å²) in [6.45, 7) is 1.91. The first-order chi connectivity index (χ1) is 8.13. The van der Waals surface area contributed by atoms with E-state index in [1.165, 1.54) is 7.05 Å². The highest BCUT2D eigenvalue weighted by atomic mass is 16.6. The van der Waals surface area contributed by atoms with Crippen molar-refractivity contribution >= 4 is 6.09 Å². The van der Waals surface area contributed by atoms with Gasteiger partial charge < -0.3 is 19.9 Å². The van der Waals surface area contributed by atoms with E-state index < -0.39 is 12.2 Å². The SMILES string of the molecule is CNC(=O)OCC(O)COc1ccccc1C. The van der Waals surface area contributed by atoms with Gasteiger partial charge in [-0.15, -0.1) is 0 Å². The largest absolute Gasteiger partial charge is 0.490 e. The Morgan fingerprint density at radius 3 is 2.76 bits per heavy atom. The fraction of sp³-hybridized carbons (Fsp3) is 0.417. The van der Waals surface area contributed by atoms with Gasteiger partial charge in [0.2, 0.25) is 0 Å². The molecule has 1 unspecified atom stereocenters. The summed E-state index contributed by atoms with van der Waals surface area (Å²) in [5, 5.41) is 11.8. The molecular weight excluding hydrogens is 222 g/mol. The predicted molar refractivity (Wildman–Crippen MR) is 63.1 cm³/mol. The monoisotopic (exact) mass is 239 g/mol. The number of rotatable bonds is 5. The van der Waals surface area contributed by atoms with Crippen molar-refractivity contribution < 1.29 is 19.4 Å². The zero-order chi connectivity index (χ0) is 12.7. The fourth-order valence-corrected chi connectivity index (χ4v) is 1.20. The van der Waals surface area contributed by atoms with Crippen LogP contribution < -0.4 is 10.1 Å². The summed E-state index contributed by atoms with van der Waals surface area (Å²) in [5.41, 5.74) is 0.993. The van der Waals surface area contributed by atoms with E-state index in [9.17, 15) is 9.90 Å². The van der Waals surface area contributed by atoms with Crippen LogP contribution in [0.4, 0.5) is 4.79 Å². The van der Waals surface area contributed by atoms with E-state index in [1.54, 1.807) is 0 Å². The maximum atomic E-state index is 10.8. The summed E-state index contributed by atoms with van der Waals surface area (Å²) in [4.78, 5) is 10.8. The topological polar surface area (TPSA) is 67.8 Å². The van der Waals surface area contributed by atoms with Crippen molar-refractivity contribution in [3.05, 3.63) is 29.8 Å². The van der Waals surface area contributed by atoms with E-state index in [0.717, 1.165) is 5.56 Å². The number of benzene rings is 1. The van der Waals surface area contributed by atoms with Crippen molar-refractivity contribution in [1.82, 2.24) is 5.32 Å². The molecule has 0 saturated carbocycles. The molecule has 0 spiro atoms. The molecule has 0 heterocycles. The minimum absolute atomic E-state index is 0.0852. The molecular formula is C12H17NO4. The Labute approximate surface area is 100 Å². The molecule has 17 heavy (non-hydrogen) atoms. The average Bonchev–Trinajstić information content (AvgIpc) is 2.35. The van der Waals surface area contributed by atoms with Gasteiger partial charge in [-0.1, -0.05) is 18.2 Å². The third kappa shape index (κ3) is 4.74. The second-order valence-corrected chi connectivity index (χ2v) is 3.58. The molecule has 5 nitrogen and oxygen atoms in total. The molecule has 0 aromatic heterocycles. The zero-order valence-corrected chi connectivity index (χ0v) is 9.97. The van der Waals surface area contributed by atoms with Crippen molar-refractivity contribution in [3.8, 4) is 5.75 Å². The summed E-state index contributed by atoms with van der Waals surface area (Å²) in [5.74, 6) is 0.714. The van der Waals surface area contributed by atoms with Gasteiger partial charge in [-0.25, -0.2) is 4.79 Å². The molecule has 0 aliphatic carbocycles. The maximum Gasteiger partial charge on any atom is 0.406 e. The van der Waals surface area contributed by atoms with Crippen molar-refractivity contribution in [1.29, 1.82) is 0 Å². The number of aryl methyl sites for hydroxylation is 1. The Morgan fingerprint density at radius 1 is 1.41 bits per heavy atom. The van der Waals surface area contributed by atoms with Gasteiger partial charge in [0.25, 0.3) is 0 Å². The van der Waals surface area contributed by atoms with Crippen LogP contribution >= 0.6 is 0 Å². The number of alkyl carbamates (subject to hydrolysis) is 1. The number of ether oxygens (including phenoxy) is 2. The Kier molecular flexibility index (Phi) is 5.29. The molecule has 1 aromatic carbocycles. The first-order valence-electron chi connectivity index (χ1n) is 5.34. The molecule has 0 aliphatic rings. The molecule has 0 saturated heterocycles. The second kappa shape index (κ2) is 6.75. The third-order valence-corrected chi connectivity index (χ3v) is 2.14. The number of aliphatic hydroxyl groups is 1. The fourth-order valence-electron chi connectivity index (χ4n) is 1.20. The Hall–Kier alpha value is -1.75. The molecule has 2 N–H and O–H groups in total. The van der Waals surface area contributed by atoms with Gasteiger partial charge >= 0.3 is 6.09 Å². The van der Waals surface area contributed by atoms with Gasteiger partial charge in [0.1, 0.15) is 25.1 Å². The number of aliphatic hydroxyl groups excluding tert-OH is 1. The van der Waals surface area contributed by atoms with Gasteiger partial charge in [-0.05, 0) is 18.6 Å². The molecule has 94 valence electrons. The quantitative estimate of drug-likeness (QED) is 0.807. The van der Waals surface area contributed by atoms with Crippen molar-refractivity contribution in [2.45, 2.75) is 13.0 Å². The smallest absolute Gasteiger partial charge is 0.406 e. The molecule has 1 amide bonds. The van der Waals surface area contributed by atoms with Crippen molar-refractivity contribution in [3.63, 3.8) is 0 Å². The van der Waals surface area contributed by atoms with Gasteiger partial charge in [-0.3, -0.25) is 0 Å². The van der Waals surface area contributed by atoms with Crippen LogP contribution in [0.3, 0.4) is 0 Å². The number of hydrogen-bond acceptors (Lipinski definition) is 4. The number of carbonyl (C=O) groups is 1. The summed E-state index contributed by atoms with van der Waals surface area (Å²) in [6, 6.07) is 7.51. The summed E-state index contributed by atoms with van der Waals surface area (Å²) in [7, 11) is 1.46. The lowest BCUT2D eigenvalue weighted by Gasteiger charge is -2.13. The number of para-hydroxylation sites is 1. The van der Waals surface area contributed by atoms with Crippen LogP contribution in [-0.4, -0.2) is 37.6 Å². The molecule has 5 heteroatoms. The molecule has 0 bridgehead atoms. The number of nitrogens with one attached hydrogen (secondary N) is 1. The summed E-state index contributed by atoms with van der Waals surface area (Å²) >= 11 is 0. The maximum absolute atomic E-state index is 10.8. The minimum Gasteiger partial charge on any atom is -0.490 e. The number of carbonyl (C=O) groups excluding carboxylic acids is 1. The predicted octanol–water partition coefficient (Wildman–Crippen LogP) is 1.09. The first kappa shape index (κ1) is 13.3. The highest BCUT2D eigenvalue weighted by Crippen LogP contribution is 2.16. The van der Waals surface area contributed by atoms with Crippen LogP contribution in [0.15, 0.2) is 24.3 Å². The van der Waals surface area contributed by atoms with Crippen LogP contribution in [0, 0.1) is 6.92 Å². The highest BCUT2D eigenvalue weighted by Gasteiger charge is 2.09. The first-order valence-corrected chi connectivity index (χ1v) is 5.34. The Balaban J connectivity index is 2.31. The molecule has 0 fully saturated rings. The number of amides is 1. The van der Waals surface area contributed by atoms with Gasteiger partial charge in [-0.2, -0.15) is 0 Å². The molecule has 0 radical (unpaired) electrons. The lowest BCUT2D eigenvalue weighted by Crippen LogP contribution is -2.28. The van der Waals surface area contributed by atoms with Crippen LogP contribution in [0.5, 0.6) is 5.75 Å². The lowest BCUT2D eigenvalue weighted by atomic mass is 10.2. The van der Waals surface area contributed by atoms with E-state index in [4.69, 9.17) is 9.47 Å². The van der Waals surface area contributed by atoms with E-state index in [1.807, 2.05) is 31.2 Å². The standard InChI is InChI=1S/C12H17NO4/c1-9-5-3-4-6-11(9)16-7-10(14)8-17-12(15)13-2/h3-6,10,14H,7-8H2,1-2H3,(H,13,15). The summed E-state index contributed by atoms with van der Waals surface area (Å²) in [6.07, 6.45) is -1.41. The van der Waals surface area contributed by atoms with Gasteiger partial charge in [0.05, 0.1) is 0 Å². The van der Waals surface area contributed by atoms with Crippen molar-refractivity contribution in [2.75, 3.05) is 20.3 Å². The Bertz CT molecular complexity index is 367. The van der Waals surface area contributed by atoms with Crippen LogP contribution in [0.1, 0.15) is 5.56 Å². The molecule has 1 aromatic rings. The zero-order valence-electron chi connectivity index (χ0n) is 9.97. The van der Waals surface area contributed by atoms with Crippen LogP contribution in [-0.2, 0) is 4.74 Å².